The van der Waals surface area contributed by atoms with Gasteiger partial charge in [0.2, 0.25) is 0 Å². The summed E-state index contributed by atoms with van der Waals surface area (Å²) in [4.78, 5) is 2.54. The fourth-order valence-corrected chi connectivity index (χ4v) is 1.05. The lowest BCUT2D eigenvalue weighted by atomic mass is 10.4. The average Bonchev–Trinajstić information content (AvgIpc) is 1.95. The molecule has 11 heavy (non-hydrogen) atoms. The first-order valence-corrected chi connectivity index (χ1v) is 3.59. The van der Waals surface area contributed by atoms with E-state index in [1.165, 1.54) is 16.8 Å². The van der Waals surface area contributed by atoms with Crippen LogP contribution in [0.15, 0.2) is 11.2 Å². The molecule has 0 saturated carbocycles. The molecule has 0 fully saturated rings. The van der Waals surface area contributed by atoms with Crippen molar-refractivity contribution < 1.29 is 10.2 Å². The molecule has 0 unspecified atom stereocenters. The van der Waals surface area contributed by atoms with Crippen LogP contribution in [0.2, 0.25) is 0 Å². The summed E-state index contributed by atoms with van der Waals surface area (Å²) in [7, 11) is 3.10. The fourth-order valence-electron chi connectivity index (χ4n) is 0.871. The Hall–Kier alpha value is -0.290. The number of rotatable bonds is 0. The lowest BCUT2D eigenvalue weighted by molar-refractivity contribution is -0.328. The van der Waals surface area contributed by atoms with E-state index in [2.05, 4.69) is 0 Å². The minimum atomic E-state index is -1.97. The molecule has 0 saturated heterocycles. The van der Waals surface area contributed by atoms with Crippen LogP contribution >= 0.6 is 11.6 Å². The van der Waals surface area contributed by atoms with Crippen molar-refractivity contribution >= 4 is 11.6 Å². The van der Waals surface area contributed by atoms with Crippen molar-refractivity contribution in [2.24, 2.45) is 0 Å². The molecule has 0 atom stereocenters. The van der Waals surface area contributed by atoms with Gasteiger partial charge in [0, 0.05) is 13.6 Å². The zero-order chi connectivity index (χ0) is 8.65. The molecule has 1 aliphatic rings. The van der Waals surface area contributed by atoms with Gasteiger partial charge >= 0.3 is 6.03 Å². The van der Waals surface area contributed by atoms with Crippen molar-refractivity contribution in [2.45, 2.75) is 6.03 Å². The van der Waals surface area contributed by atoms with Gasteiger partial charge in [-0.05, 0) is 13.1 Å². The van der Waals surface area contributed by atoms with Crippen LogP contribution in [0, 0.1) is 0 Å². The summed E-state index contributed by atoms with van der Waals surface area (Å²) < 4.78 is 0. The summed E-state index contributed by atoms with van der Waals surface area (Å²) >= 11 is 5.66. The highest BCUT2D eigenvalue weighted by molar-refractivity contribution is 6.29. The van der Waals surface area contributed by atoms with Gasteiger partial charge < -0.3 is 15.1 Å². The smallest absolute Gasteiger partial charge is 0.315 e. The second-order valence-corrected chi connectivity index (χ2v) is 2.95. The third-order valence-corrected chi connectivity index (χ3v) is 2.22. The van der Waals surface area contributed by atoms with Crippen LogP contribution in [0.3, 0.4) is 0 Å². The Morgan fingerprint density at radius 1 is 1.55 bits per heavy atom. The first kappa shape index (κ1) is 8.80. The highest BCUT2D eigenvalue weighted by Gasteiger charge is 2.37. The van der Waals surface area contributed by atoms with E-state index in [-0.39, 0.29) is 0 Å². The van der Waals surface area contributed by atoms with E-state index < -0.39 is 6.03 Å². The first-order valence-electron chi connectivity index (χ1n) is 3.21. The van der Waals surface area contributed by atoms with E-state index in [1.54, 1.807) is 13.1 Å². The Morgan fingerprint density at radius 3 is 2.55 bits per heavy atom. The predicted octanol–water partition coefficient (Wildman–Crippen LogP) is -0.460. The Morgan fingerprint density at radius 2 is 2.09 bits per heavy atom. The largest absolute Gasteiger partial charge is 0.336 e. The van der Waals surface area contributed by atoms with E-state index in [0.717, 1.165) is 0 Å². The molecule has 2 N–H and O–H groups in total. The third-order valence-electron chi connectivity index (χ3n) is 1.82. The van der Waals surface area contributed by atoms with Gasteiger partial charge in [-0.15, -0.1) is 0 Å². The van der Waals surface area contributed by atoms with Gasteiger partial charge in [0.25, 0.3) is 0 Å². The van der Waals surface area contributed by atoms with Crippen LogP contribution in [0.25, 0.3) is 0 Å². The molecule has 0 aromatic rings. The van der Waals surface area contributed by atoms with Gasteiger partial charge in [-0.3, -0.25) is 0 Å². The number of aliphatic hydroxyl groups is 2. The van der Waals surface area contributed by atoms with Crippen molar-refractivity contribution in [3.63, 3.8) is 0 Å². The number of halogens is 1. The molecule has 0 bridgehead atoms. The van der Waals surface area contributed by atoms with Crippen molar-refractivity contribution in [2.75, 3.05) is 20.6 Å². The van der Waals surface area contributed by atoms with Gasteiger partial charge in [0.1, 0.15) is 5.16 Å². The van der Waals surface area contributed by atoms with E-state index >= 15 is 0 Å². The van der Waals surface area contributed by atoms with Crippen LogP contribution in [-0.2, 0) is 0 Å². The minimum Gasteiger partial charge on any atom is -0.336 e. The lowest BCUT2D eigenvalue weighted by Gasteiger charge is -2.41. The van der Waals surface area contributed by atoms with Gasteiger partial charge in [0.15, 0.2) is 0 Å². The topological polar surface area (TPSA) is 46.9 Å². The van der Waals surface area contributed by atoms with Crippen LogP contribution in [-0.4, -0.2) is 46.7 Å². The highest BCUT2D eigenvalue weighted by Crippen LogP contribution is 2.23. The number of hydrogen-bond acceptors (Lipinski definition) is 4. The fraction of sp³-hybridized carbons (Fsp3) is 0.667. The Kier molecular flexibility index (Phi) is 2.11. The summed E-state index contributed by atoms with van der Waals surface area (Å²) in [5.41, 5.74) is 0. The summed E-state index contributed by atoms with van der Waals surface area (Å²) in [5, 5.41) is 19.1. The Labute approximate surface area is 70.3 Å². The van der Waals surface area contributed by atoms with Gasteiger partial charge in [0.05, 0.1) is 0 Å². The van der Waals surface area contributed by atoms with Crippen LogP contribution < -0.4 is 0 Å². The van der Waals surface area contributed by atoms with E-state index in [1.807, 2.05) is 0 Å². The number of hydrogen-bond donors (Lipinski definition) is 2. The molecule has 0 spiro atoms. The van der Waals surface area contributed by atoms with Crippen molar-refractivity contribution in [1.82, 2.24) is 9.80 Å². The maximum atomic E-state index is 9.36. The normalized spacial score (nSPS) is 25.2. The Balaban J connectivity index is 2.89. The SMILES string of the molecule is CN1CC=C(Cl)N(C)C1(O)O. The highest BCUT2D eigenvalue weighted by atomic mass is 35.5. The minimum absolute atomic E-state index is 0.341. The molecule has 0 aromatic heterocycles. The third kappa shape index (κ3) is 1.35. The van der Waals surface area contributed by atoms with E-state index in [0.29, 0.717) is 11.7 Å². The van der Waals surface area contributed by atoms with Gasteiger partial charge in [-0.25, -0.2) is 4.90 Å². The van der Waals surface area contributed by atoms with Gasteiger partial charge in [-0.1, -0.05) is 11.6 Å². The van der Waals surface area contributed by atoms with Crippen molar-refractivity contribution in [3.8, 4) is 0 Å². The van der Waals surface area contributed by atoms with Gasteiger partial charge in [-0.2, -0.15) is 0 Å². The van der Waals surface area contributed by atoms with Crippen LogP contribution in [0.5, 0.6) is 0 Å². The van der Waals surface area contributed by atoms with Crippen molar-refractivity contribution in [3.05, 3.63) is 11.2 Å². The molecule has 0 radical (unpaired) electrons. The summed E-state index contributed by atoms with van der Waals surface area (Å²) in [6.07, 6.45) is 1.70. The lowest BCUT2D eigenvalue weighted by Crippen LogP contribution is -2.59. The maximum absolute atomic E-state index is 9.36. The standard InChI is InChI=1S/C6H11ClN2O2/c1-8-4-3-5(7)9(2)6(8,10)11/h3,10-11H,4H2,1-2H3. The predicted molar refractivity (Wildman–Crippen MR) is 41.5 cm³/mol. The van der Waals surface area contributed by atoms with Crippen LogP contribution in [0.1, 0.15) is 0 Å². The summed E-state index contributed by atoms with van der Waals surface area (Å²) in [6, 6.07) is -1.97. The van der Waals surface area contributed by atoms with E-state index in [9.17, 15) is 10.2 Å². The molecule has 0 amide bonds. The number of nitrogens with zero attached hydrogens (tertiary/aromatic N) is 2. The molecule has 64 valence electrons. The number of likely N-dealkylation sites (N-methyl/N-ethyl adjacent to an activating group) is 1. The quantitative estimate of drug-likeness (QED) is 0.389. The molecule has 4 nitrogen and oxygen atoms in total. The molecule has 1 aliphatic heterocycles. The summed E-state index contributed by atoms with van der Waals surface area (Å²) in [5.74, 6) is 0. The second-order valence-electron chi connectivity index (χ2n) is 2.57. The zero-order valence-electron chi connectivity index (χ0n) is 6.45. The molecular weight excluding hydrogens is 168 g/mol. The average molecular weight is 179 g/mol. The molecule has 1 heterocycles. The monoisotopic (exact) mass is 178 g/mol. The van der Waals surface area contributed by atoms with E-state index in [4.69, 9.17) is 11.6 Å². The first-order chi connectivity index (χ1) is 4.96. The zero-order valence-corrected chi connectivity index (χ0v) is 7.21. The molecule has 1 rings (SSSR count). The molecule has 0 aromatic carbocycles. The van der Waals surface area contributed by atoms with Crippen LogP contribution in [0.4, 0.5) is 0 Å². The molecular formula is C6H11ClN2O2. The summed E-state index contributed by atoms with van der Waals surface area (Å²) in [6.45, 7) is 0.427. The van der Waals surface area contributed by atoms with Crippen molar-refractivity contribution in [1.29, 1.82) is 0 Å². The second kappa shape index (κ2) is 2.64. The molecule has 0 aliphatic carbocycles. The Bertz CT molecular complexity index is 193. The molecule has 5 heteroatoms. The maximum Gasteiger partial charge on any atom is 0.315 e.